The fourth-order valence-corrected chi connectivity index (χ4v) is 4.43. The summed E-state index contributed by atoms with van der Waals surface area (Å²) in [5.41, 5.74) is 0.881. The minimum absolute atomic E-state index is 0.0293. The summed E-state index contributed by atoms with van der Waals surface area (Å²) in [6.07, 6.45) is 0.531. The Kier molecular flexibility index (Phi) is 5.40. The summed E-state index contributed by atoms with van der Waals surface area (Å²) in [5.74, 6) is 0.946. The number of ketones is 1. The highest BCUT2D eigenvalue weighted by Crippen LogP contribution is 2.25. The zero-order valence-electron chi connectivity index (χ0n) is 11.8. The molecule has 116 valence electrons. The lowest BCUT2D eigenvalue weighted by molar-refractivity contribution is -0.118. The van der Waals surface area contributed by atoms with E-state index in [4.69, 9.17) is 4.74 Å². The maximum Gasteiger partial charge on any atom is 0.153 e. The highest BCUT2D eigenvalue weighted by molar-refractivity contribution is 9.10. The van der Waals surface area contributed by atoms with Crippen molar-refractivity contribution in [1.29, 1.82) is 0 Å². The number of halogens is 1. The van der Waals surface area contributed by atoms with E-state index in [1.165, 1.54) is 0 Å². The number of Topliss-reactive ketones (excluding diaryl/α,β-unsaturated/α-hetero) is 1. The highest BCUT2D eigenvalue weighted by atomic mass is 79.9. The summed E-state index contributed by atoms with van der Waals surface area (Å²) in [7, 11) is -1.42. The summed E-state index contributed by atoms with van der Waals surface area (Å²) in [5, 5.41) is 3.09. The third kappa shape index (κ3) is 4.79. The first-order valence-electron chi connectivity index (χ1n) is 6.67. The Morgan fingerprint density at radius 3 is 2.86 bits per heavy atom. The van der Waals surface area contributed by atoms with Gasteiger partial charge < -0.3 is 10.1 Å². The molecule has 0 radical (unpaired) electrons. The van der Waals surface area contributed by atoms with Crippen molar-refractivity contribution in [2.75, 3.05) is 25.2 Å². The minimum Gasteiger partial charge on any atom is -0.496 e. The number of ether oxygens (including phenoxy) is 1. The summed E-state index contributed by atoms with van der Waals surface area (Å²) in [4.78, 5) is 12.1. The Morgan fingerprint density at radius 2 is 2.24 bits per heavy atom. The van der Waals surface area contributed by atoms with Crippen LogP contribution in [0.2, 0.25) is 0 Å². The third-order valence-electron chi connectivity index (χ3n) is 3.39. The molecule has 0 spiro atoms. The Hall–Kier alpha value is -0.920. The van der Waals surface area contributed by atoms with Crippen LogP contribution in [0.25, 0.3) is 0 Å². The number of nitrogens with one attached hydrogen (secondary N) is 1. The van der Waals surface area contributed by atoms with Gasteiger partial charge in [0.2, 0.25) is 0 Å². The van der Waals surface area contributed by atoms with Gasteiger partial charge in [-0.15, -0.1) is 0 Å². The first-order valence-corrected chi connectivity index (χ1v) is 9.29. The Balaban J connectivity index is 1.94. The lowest BCUT2D eigenvalue weighted by Gasteiger charge is -2.23. The smallest absolute Gasteiger partial charge is 0.153 e. The second kappa shape index (κ2) is 6.89. The molecule has 0 bridgehead atoms. The van der Waals surface area contributed by atoms with Crippen molar-refractivity contribution in [2.45, 2.75) is 18.9 Å². The zero-order chi connectivity index (χ0) is 15.5. The van der Waals surface area contributed by atoms with Crippen molar-refractivity contribution in [3.8, 4) is 5.75 Å². The van der Waals surface area contributed by atoms with E-state index in [-0.39, 0.29) is 29.8 Å². The van der Waals surface area contributed by atoms with Gasteiger partial charge in [0, 0.05) is 25.4 Å². The molecule has 0 aromatic heterocycles. The molecule has 1 saturated heterocycles. The summed E-state index contributed by atoms with van der Waals surface area (Å²) in [6, 6.07) is 5.22. The molecule has 0 saturated carbocycles. The molecule has 5 nitrogen and oxygen atoms in total. The second-order valence-electron chi connectivity index (χ2n) is 5.15. The number of hydrogen-bond donors (Lipinski definition) is 1. The van der Waals surface area contributed by atoms with E-state index in [0.29, 0.717) is 18.7 Å². The van der Waals surface area contributed by atoms with Gasteiger partial charge >= 0.3 is 0 Å². The summed E-state index contributed by atoms with van der Waals surface area (Å²) >= 11 is 3.38. The molecular weight excluding hydrogens is 358 g/mol. The average Bonchev–Trinajstić information content (AvgIpc) is 2.37. The zero-order valence-corrected chi connectivity index (χ0v) is 14.2. The van der Waals surface area contributed by atoms with E-state index < -0.39 is 9.84 Å². The maximum atomic E-state index is 12.1. The van der Waals surface area contributed by atoms with Crippen molar-refractivity contribution in [3.05, 3.63) is 28.2 Å². The molecule has 2 rings (SSSR count). The first-order chi connectivity index (χ1) is 9.89. The third-order valence-corrected chi connectivity index (χ3v) is 5.75. The van der Waals surface area contributed by atoms with E-state index in [9.17, 15) is 13.2 Å². The number of rotatable bonds is 5. The minimum atomic E-state index is -3.00. The number of sulfone groups is 1. The number of benzene rings is 1. The van der Waals surface area contributed by atoms with Gasteiger partial charge in [0.25, 0.3) is 0 Å². The fourth-order valence-electron chi connectivity index (χ4n) is 2.39. The van der Waals surface area contributed by atoms with Crippen LogP contribution in [0.5, 0.6) is 5.75 Å². The van der Waals surface area contributed by atoms with Crippen molar-refractivity contribution in [2.24, 2.45) is 0 Å². The number of hydrogen-bond acceptors (Lipinski definition) is 5. The Morgan fingerprint density at radius 1 is 1.48 bits per heavy atom. The average molecular weight is 376 g/mol. The van der Waals surface area contributed by atoms with Gasteiger partial charge in [0.15, 0.2) is 9.84 Å². The molecule has 1 unspecified atom stereocenters. The normalized spacial score (nSPS) is 21.0. The largest absolute Gasteiger partial charge is 0.496 e. The molecule has 1 heterocycles. The van der Waals surface area contributed by atoms with Crippen LogP contribution in [0.15, 0.2) is 22.7 Å². The SMILES string of the molecule is COc1ccc(CC(=O)CC2CS(=O)(=O)CCN2)cc1Br. The van der Waals surface area contributed by atoms with Gasteiger partial charge in [-0.1, -0.05) is 6.07 Å². The maximum absolute atomic E-state index is 12.1. The molecule has 0 aliphatic carbocycles. The molecule has 1 aromatic carbocycles. The van der Waals surface area contributed by atoms with Crippen molar-refractivity contribution in [3.63, 3.8) is 0 Å². The van der Waals surface area contributed by atoms with Crippen LogP contribution in [0.3, 0.4) is 0 Å². The van der Waals surface area contributed by atoms with Gasteiger partial charge in [-0.2, -0.15) is 0 Å². The van der Waals surface area contributed by atoms with Gasteiger partial charge in [0.1, 0.15) is 11.5 Å². The van der Waals surface area contributed by atoms with Crippen molar-refractivity contribution in [1.82, 2.24) is 5.32 Å². The molecule has 0 amide bonds. The number of carbonyl (C=O) groups is 1. The molecule has 21 heavy (non-hydrogen) atoms. The molecule has 1 aliphatic heterocycles. The lowest BCUT2D eigenvalue weighted by Crippen LogP contribution is -2.46. The predicted molar refractivity (Wildman–Crippen MR) is 84.5 cm³/mol. The molecule has 1 atom stereocenters. The number of carbonyl (C=O) groups excluding carboxylic acids is 1. The predicted octanol–water partition coefficient (Wildman–Crippen LogP) is 1.35. The van der Waals surface area contributed by atoms with Gasteiger partial charge in [-0.3, -0.25) is 4.79 Å². The lowest BCUT2D eigenvalue weighted by atomic mass is 10.0. The van der Waals surface area contributed by atoms with Crippen molar-refractivity contribution >= 4 is 31.6 Å². The quantitative estimate of drug-likeness (QED) is 0.840. The summed E-state index contributed by atoms with van der Waals surface area (Å²) < 4.78 is 29.0. The molecule has 1 aliphatic rings. The van der Waals surface area contributed by atoms with Crippen LogP contribution in [0, 0.1) is 0 Å². The summed E-state index contributed by atoms with van der Waals surface area (Å²) in [6.45, 7) is 0.425. The van der Waals surface area contributed by atoms with Crippen LogP contribution in [0.4, 0.5) is 0 Å². The van der Waals surface area contributed by atoms with Crippen molar-refractivity contribution < 1.29 is 17.9 Å². The standard InChI is InChI=1S/C14H18BrNO4S/c1-20-14-3-2-10(7-13(14)15)6-12(17)8-11-9-21(18,19)5-4-16-11/h2-3,7,11,16H,4-6,8-9H2,1H3. The molecule has 1 N–H and O–H groups in total. The topological polar surface area (TPSA) is 72.5 Å². The first kappa shape index (κ1) is 16.5. The molecular formula is C14H18BrNO4S. The molecule has 1 fully saturated rings. The van der Waals surface area contributed by atoms with E-state index in [1.807, 2.05) is 12.1 Å². The van der Waals surface area contributed by atoms with E-state index in [0.717, 1.165) is 10.0 Å². The van der Waals surface area contributed by atoms with Crippen LogP contribution in [-0.4, -0.2) is 45.4 Å². The van der Waals surface area contributed by atoms with Crippen LogP contribution in [-0.2, 0) is 21.1 Å². The van der Waals surface area contributed by atoms with Gasteiger partial charge in [0.05, 0.1) is 23.1 Å². The van der Waals surface area contributed by atoms with E-state index in [1.54, 1.807) is 13.2 Å². The van der Waals surface area contributed by atoms with Crippen LogP contribution < -0.4 is 10.1 Å². The number of methoxy groups -OCH3 is 1. The second-order valence-corrected chi connectivity index (χ2v) is 8.24. The Bertz CT molecular complexity index is 630. The van der Waals surface area contributed by atoms with Crippen LogP contribution >= 0.6 is 15.9 Å². The van der Waals surface area contributed by atoms with Crippen LogP contribution in [0.1, 0.15) is 12.0 Å². The molecule has 1 aromatic rings. The highest BCUT2D eigenvalue weighted by Gasteiger charge is 2.25. The van der Waals surface area contributed by atoms with E-state index in [2.05, 4.69) is 21.2 Å². The fraction of sp³-hybridized carbons (Fsp3) is 0.500. The van der Waals surface area contributed by atoms with Gasteiger partial charge in [-0.25, -0.2) is 8.42 Å². The monoisotopic (exact) mass is 375 g/mol. The molecule has 7 heteroatoms. The van der Waals surface area contributed by atoms with Gasteiger partial charge in [-0.05, 0) is 33.6 Å². The Labute approximate surface area is 133 Å². The van der Waals surface area contributed by atoms with E-state index >= 15 is 0 Å².